The van der Waals surface area contributed by atoms with Crippen LogP contribution in [0.15, 0.2) is 72.8 Å². The second kappa shape index (κ2) is 12.2. The molecule has 7 heteroatoms. The molecule has 1 N–H and O–H groups in total. The third-order valence-electron chi connectivity index (χ3n) is 8.65. The normalized spacial score (nSPS) is 17.7. The van der Waals surface area contributed by atoms with Gasteiger partial charge in [0.1, 0.15) is 11.6 Å². The van der Waals surface area contributed by atoms with Gasteiger partial charge in [0.05, 0.1) is 35.9 Å². The van der Waals surface area contributed by atoms with Crippen molar-refractivity contribution in [2.45, 2.75) is 44.7 Å². The Morgan fingerprint density at radius 1 is 1.02 bits per heavy atom. The van der Waals surface area contributed by atoms with E-state index < -0.39 is 0 Å². The highest BCUT2D eigenvalue weighted by Crippen LogP contribution is 2.32. The summed E-state index contributed by atoms with van der Waals surface area (Å²) < 4.78 is 5.43. The van der Waals surface area contributed by atoms with Crippen LogP contribution in [0.4, 0.5) is 5.82 Å². The summed E-state index contributed by atoms with van der Waals surface area (Å²) in [6, 6.07) is 25.9. The van der Waals surface area contributed by atoms with Crippen molar-refractivity contribution < 1.29 is 9.53 Å². The zero-order valence-electron chi connectivity index (χ0n) is 24.3. The molecule has 0 unspecified atom stereocenters. The maximum Gasteiger partial charge on any atom is 0.254 e. The van der Waals surface area contributed by atoms with Crippen molar-refractivity contribution in [3.8, 4) is 22.9 Å². The molecule has 2 aliphatic rings. The van der Waals surface area contributed by atoms with Crippen LogP contribution in [0.25, 0.3) is 22.0 Å². The first-order chi connectivity index (χ1) is 20.5. The standard InChI is InChI=1S/C35H37N5O2/c1-24(27-7-5-9-30(19-27)42-2)37-34-21-32(35(41)40-18-6-8-29(40)23-39-16-3-4-17-39)31-20-28(14-15-33(31)38-34)26-12-10-25(22-36)11-13-26/h5,7,9-15,19-21,24,29H,3-4,6,8,16-18,23H2,1-2H3,(H,37,38)/t24-,29+/m1/s1. The summed E-state index contributed by atoms with van der Waals surface area (Å²) in [5.41, 5.74) is 5.12. The minimum atomic E-state index is -0.0411. The number of fused-ring (bicyclic) bond motifs is 1. The predicted octanol–water partition coefficient (Wildman–Crippen LogP) is 6.66. The Balaban J connectivity index is 1.38. The van der Waals surface area contributed by atoms with Crippen LogP contribution in [0.1, 0.15) is 60.1 Å². The number of carbonyl (C=O) groups excluding carboxylic acids is 1. The summed E-state index contributed by atoms with van der Waals surface area (Å²) >= 11 is 0. The number of nitriles is 1. The molecule has 214 valence electrons. The van der Waals surface area contributed by atoms with Gasteiger partial charge < -0.3 is 19.9 Å². The number of likely N-dealkylation sites (tertiary alicyclic amines) is 2. The number of rotatable bonds is 8. The number of hydrogen-bond donors (Lipinski definition) is 1. The molecule has 0 radical (unpaired) electrons. The molecule has 2 atom stereocenters. The number of hydrogen-bond acceptors (Lipinski definition) is 6. The molecule has 7 nitrogen and oxygen atoms in total. The number of nitrogens with one attached hydrogen (secondary N) is 1. The van der Waals surface area contributed by atoms with E-state index in [4.69, 9.17) is 9.72 Å². The zero-order valence-corrected chi connectivity index (χ0v) is 24.3. The predicted molar refractivity (Wildman–Crippen MR) is 167 cm³/mol. The first-order valence-electron chi connectivity index (χ1n) is 14.9. The Labute approximate surface area is 247 Å². The summed E-state index contributed by atoms with van der Waals surface area (Å²) in [5.74, 6) is 1.54. The molecule has 2 aliphatic heterocycles. The number of pyridine rings is 1. The third-order valence-corrected chi connectivity index (χ3v) is 8.65. The molecule has 3 heterocycles. The number of aromatic nitrogens is 1. The largest absolute Gasteiger partial charge is 0.497 e. The first kappa shape index (κ1) is 27.7. The molecule has 1 aromatic heterocycles. The van der Waals surface area contributed by atoms with E-state index in [1.807, 2.05) is 60.7 Å². The van der Waals surface area contributed by atoms with Crippen LogP contribution in [0.3, 0.4) is 0 Å². The third kappa shape index (κ3) is 5.81. The van der Waals surface area contributed by atoms with Crippen LogP contribution < -0.4 is 10.1 Å². The minimum absolute atomic E-state index is 0.0411. The lowest BCUT2D eigenvalue weighted by molar-refractivity contribution is 0.0710. The summed E-state index contributed by atoms with van der Waals surface area (Å²) in [6.45, 7) is 6.06. The molecule has 0 saturated carbocycles. The van der Waals surface area contributed by atoms with Gasteiger partial charge in [-0.3, -0.25) is 4.79 Å². The Morgan fingerprint density at radius 2 is 1.81 bits per heavy atom. The summed E-state index contributed by atoms with van der Waals surface area (Å²) in [5, 5.41) is 13.6. The van der Waals surface area contributed by atoms with Crippen molar-refractivity contribution >= 4 is 22.6 Å². The van der Waals surface area contributed by atoms with Crippen LogP contribution in [0.5, 0.6) is 5.75 Å². The quantitative estimate of drug-likeness (QED) is 0.260. The van der Waals surface area contributed by atoms with Gasteiger partial charge in [-0.15, -0.1) is 0 Å². The van der Waals surface area contributed by atoms with Gasteiger partial charge in [-0.2, -0.15) is 5.26 Å². The molecule has 0 bridgehead atoms. The molecule has 4 aromatic rings. The summed E-state index contributed by atoms with van der Waals surface area (Å²) in [6.07, 6.45) is 4.56. The van der Waals surface area contributed by atoms with Crippen molar-refractivity contribution in [3.05, 3.63) is 89.5 Å². The fraction of sp³-hybridized carbons (Fsp3) is 0.343. The van der Waals surface area contributed by atoms with Crippen molar-refractivity contribution in [2.75, 3.05) is 38.6 Å². The number of ether oxygens (including phenoxy) is 1. The second-order valence-electron chi connectivity index (χ2n) is 11.4. The molecule has 6 rings (SSSR count). The van der Waals surface area contributed by atoms with Gasteiger partial charge in [0.25, 0.3) is 5.91 Å². The number of nitrogens with zero attached hydrogens (tertiary/aromatic N) is 4. The average molecular weight is 560 g/mol. The van der Waals surface area contributed by atoms with Gasteiger partial charge in [-0.05, 0) is 105 Å². The van der Waals surface area contributed by atoms with E-state index in [2.05, 4.69) is 40.2 Å². The zero-order chi connectivity index (χ0) is 29.1. The lowest BCUT2D eigenvalue weighted by Crippen LogP contribution is -2.42. The summed E-state index contributed by atoms with van der Waals surface area (Å²) in [4.78, 5) is 23.9. The lowest BCUT2D eigenvalue weighted by Gasteiger charge is -2.29. The van der Waals surface area contributed by atoms with Crippen LogP contribution in [0.2, 0.25) is 0 Å². The minimum Gasteiger partial charge on any atom is -0.497 e. The Bertz CT molecular complexity index is 1620. The van der Waals surface area contributed by atoms with Crippen LogP contribution in [0, 0.1) is 11.3 Å². The fourth-order valence-corrected chi connectivity index (χ4v) is 6.32. The van der Waals surface area contributed by atoms with Gasteiger partial charge in [-0.25, -0.2) is 4.98 Å². The Kier molecular flexibility index (Phi) is 8.07. The van der Waals surface area contributed by atoms with Gasteiger partial charge in [0.2, 0.25) is 0 Å². The van der Waals surface area contributed by atoms with Crippen molar-refractivity contribution in [2.24, 2.45) is 0 Å². The van der Waals surface area contributed by atoms with E-state index >= 15 is 0 Å². The van der Waals surface area contributed by atoms with Crippen molar-refractivity contribution in [3.63, 3.8) is 0 Å². The van der Waals surface area contributed by atoms with E-state index in [0.717, 1.165) is 72.4 Å². The van der Waals surface area contributed by atoms with E-state index in [1.54, 1.807) is 7.11 Å². The second-order valence-corrected chi connectivity index (χ2v) is 11.4. The van der Waals surface area contributed by atoms with Gasteiger partial charge in [0.15, 0.2) is 0 Å². The van der Waals surface area contributed by atoms with Gasteiger partial charge in [-0.1, -0.05) is 30.3 Å². The SMILES string of the molecule is COc1cccc([C@@H](C)Nc2cc(C(=O)N3CCC[C@H]3CN3CCCC3)c3cc(-c4ccc(C#N)cc4)ccc3n2)c1. The highest BCUT2D eigenvalue weighted by molar-refractivity contribution is 6.08. The molecule has 2 saturated heterocycles. The molecular weight excluding hydrogens is 522 g/mol. The average Bonchev–Trinajstić information content (AvgIpc) is 3.73. The molecule has 42 heavy (non-hydrogen) atoms. The Morgan fingerprint density at radius 3 is 2.57 bits per heavy atom. The topological polar surface area (TPSA) is 81.5 Å². The number of carbonyl (C=O) groups is 1. The van der Waals surface area contributed by atoms with Gasteiger partial charge in [0, 0.05) is 24.5 Å². The van der Waals surface area contributed by atoms with Crippen LogP contribution in [-0.2, 0) is 0 Å². The molecule has 1 amide bonds. The van der Waals surface area contributed by atoms with E-state index in [1.165, 1.54) is 12.8 Å². The fourth-order valence-electron chi connectivity index (χ4n) is 6.32. The molecule has 0 spiro atoms. The molecule has 3 aromatic carbocycles. The molecular formula is C35H37N5O2. The van der Waals surface area contributed by atoms with E-state index in [0.29, 0.717) is 16.9 Å². The first-order valence-corrected chi connectivity index (χ1v) is 14.9. The highest BCUT2D eigenvalue weighted by atomic mass is 16.5. The summed E-state index contributed by atoms with van der Waals surface area (Å²) in [7, 11) is 1.67. The maximum absolute atomic E-state index is 14.4. The number of amides is 1. The van der Waals surface area contributed by atoms with Crippen LogP contribution >= 0.6 is 0 Å². The maximum atomic E-state index is 14.4. The molecule has 0 aliphatic carbocycles. The van der Waals surface area contributed by atoms with E-state index in [9.17, 15) is 10.1 Å². The lowest BCUT2D eigenvalue weighted by atomic mass is 9.99. The van der Waals surface area contributed by atoms with Crippen LogP contribution in [-0.4, -0.2) is 60.0 Å². The molecule has 2 fully saturated rings. The van der Waals surface area contributed by atoms with Gasteiger partial charge >= 0.3 is 0 Å². The van der Waals surface area contributed by atoms with Crippen molar-refractivity contribution in [1.29, 1.82) is 5.26 Å². The number of anilines is 1. The number of benzene rings is 3. The van der Waals surface area contributed by atoms with Crippen molar-refractivity contribution in [1.82, 2.24) is 14.8 Å². The highest BCUT2D eigenvalue weighted by Gasteiger charge is 2.32. The smallest absolute Gasteiger partial charge is 0.254 e. The van der Waals surface area contributed by atoms with E-state index in [-0.39, 0.29) is 18.0 Å². The monoisotopic (exact) mass is 559 g/mol. The number of methoxy groups -OCH3 is 1. The Hall–Kier alpha value is -4.41.